The Morgan fingerprint density at radius 1 is 0.800 bits per heavy atom. The standard InChI is InChI=1S/C20H20/c1-2-3-4-5-9-16-12-8-13-19-14-17-10-6-7-11-18(17)15-20(16)19/h2,6-8,10-15H,1,3-5,9H2. The predicted molar refractivity (Wildman–Crippen MR) is 89.2 cm³/mol. The van der Waals surface area contributed by atoms with Gasteiger partial charge in [0, 0.05) is 0 Å². The highest BCUT2D eigenvalue weighted by molar-refractivity contribution is 5.99. The van der Waals surface area contributed by atoms with E-state index < -0.39 is 0 Å². The molecule has 0 aliphatic heterocycles. The summed E-state index contributed by atoms with van der Waals surface area (Å²) in [6.07, 6.45) is 6.75. The van der Waals surface area contributed by atoms with E-state index in [1.54, 1.807) is 0 Å². The van der Waals surface area contributed by atoms with E-state index in [-0.39, 0.29) is 0 Å². The lowest BCUT2D eigenvalue weighted by Gasteiger charge is -2.08. The molecule has 0 radical (unpaired) electrons. The molecule has 0 heteroatoms. The van der Waals surface area contributed by atoms with E-state index in [0.29, 0.717) is 0 Å². The Labute approximate surface area is 120 Å². The lowest BCUT2D eigenvalue weighted by Crippen LogP contribution is -1.88. The normalized spacial score (nSPS) is 11.0. The van der Waals surface area contributed by atoms with Crippen LogP contribution in [-0.4, -0.2) is 0 Å². The second-order valence-corrected chi connectivity index (χ2v) is 5.37. The van der Waals surface area contributed by atoms with Crippen LogP contribution in [0.25, 0.3) is 21.5 Å². The van der Waals surface area contributed by atoms with Crippen molar-refractivity contribution in [1.82, 2.24) is 0 Å². The number of rotatable bonds is 5. The average Bonchev–Trinajstić information content (AvgIpc) is 2.50. The molecule has 0 unspecified atom stereocenters. The number of benzene rings is 3. The number of hydrogen-bond donors (Lipinski definition) is 0. The molecule has 0 aromatic heterocycles. The van der Waals surface area contributed by atoms with Crippen LogP contribution in [0.5, 0.6) is 0 Å². The van der Waals surface area contributed by atoms with E-state index in [4.69, 9.17) is 0 Å². The molecule has 0 saturated heterocycles. The van der Waals surface area contributed by atoms with Crippen molar-refractivity contribution in [3.05, 3.63) is 72.8 Å². The SMILES string of the molecule is C=CCCCCc1cccc2cc3ccccc3cc12. The van der Waals surface area contributed by atoms with Gasteiger partial charge in [-0.1, -0.05) is 48.5 Å². The highest BCUT2D eigenvalue weighted by Crippen LogP contribution is 2.26. The summed E-state index contributed by atoms with van der Waals surface area (Å²) in [4.78, 5) is 0. The van der Waals surface area contributed by atoms with Gasteiger partial charge in [0.25, 0.3) is 0 Å². The Kier molecular flexibility index (Phi) is 3.83. The summed E-state index contributed by atoms with van der Waals surface area (Å²) in [6, 6.07) is 19.9. The summed E-state index contributed by atoms with van der Waals surface area (Å²) >= 11 is 0. The molecule has 100 valence electrons. The minimum atomic E-state index is 1.12. The quantitative estimate of drug-likeness (QED) is 0.305. The van der Waals surface area contributed by atoms with E-state index in [1.165, 1.54) is 39.9 Å². The highest BCUT2D eigenvalue weighted by atomic mass is 14.1. The maximum atomic E-state index is 3.79. The van der Waals surface area contributed by atoms with E-state index in [0.717, 1.165) is 12.8 Å². The number of unbranched alkanes of at least 4 members (excludes halogenated alkanes) is 2. The van der Waals surface area contributed by atoms with Crippen molar-refractivity contribution in [3.63, 3.8) is 0 Å². The minimum absolute atomic E-state index is 1.12. The molecule has 3 aromatic carbocycles. The lowest BCUT2D eigenvalue weighted by atomic mass is 9.97. The van der Waals surface area contributed by atoms with Crippen LogP contribution in [-0.2, 0) is 6.42 Å². The molecular formula is C20H20. The highest BCUT2D eigenvalue weighted by Gasteiger charge is 2.03. The molecule has 0 aliphatic carbocycles. The second kappa shape index (κ2) is 5.92. The fourth-order valence-corrected chi connectivity index (χ4v) is 2.85. The van der Waals surface area contributed by atoms with Gasteiger partial charge in [0.15, 0.2) is 0 Å². The third-order valence-electron chi connectivity index (χ3n) is 3.94. The number of aryl methyl sites for hydroxylation is 1. The summed E-state index contributed by atoms with van der Waals surface area (Å²) in [6.45, 7) is 3.79. The molecule has 0 heterocycles. The average molecular weight is 260 g/mol. The molecule has 3 aromatic rings. The van der Waals surface area contributed by atoms with Gasteiger partial charge < -0.3 is 0 Å². The molecule has 0 amide bonds. The Hall–Kier alpha value is -2.08. The van der Waals surface area contributed by atoms with Crippen LogP contribution in [0.3, 0.4) is 0 Å². The maximum absolute atomic E-state index is 3.79. The third-order valence-corrected chi connectivity index (χ3v) is 3.94. The largest absolute Gasteiger partial charge is 0.103 e. The number of allylic oxidation sites excluding steroid dienone is 1. The van der Waals surface area contributed by atoms with Gasteiger partial charge in [0.05, 0.1) is 0 Å². The number of fused-ring (bicyclic) bond motifs is 2. The molecule has 0 bridgehead atoms. The molecule has 0 saturated carbocycles. The van der Waals surface area contributed by atoms with Crippen molar-refractivity contribution in [2.24, 2.45) is 0 Å². The lowest BCUT2D eigenvalue weighted by molar-refractivity contribution is 0.751. The Morgan fingerprint density at radius 3 is 2.35 bits per heavy atom. The Morgan fingerprint density at radius 2 is 1.55 bits per heavy atom. The maximum Gasteiger partial charge on any atom is -0.0146 e. The molecular weight excluding hydrogens is 240 g/mol. The van der Waals surface area contributed by atoms with E-state index in [1.807, 2.05) is 6.08 Å². The van der Waals surface area contributed by atoms with Crippen LogP contribution in [0.4, 0.5) is 0 Å². The summed E-state index contributed by atoms with van der Waals surface area (Å²) in [5.74, 6) is 0. The third kappa shape index (κ3) is 2.60. The monoisotopic (exact) mass is 260 g/mol. The van der Waals surface area contributed by atoms with Crippen molar-refractivity contribution in [2.45, 2.75) is 25.7 Å². The molecule has 0 spiro atoms. The van der Waals surface area contributed by atoms with Gasteiger partial charge in [-0.15, -0.1) is 6.58 Å². The van der Waals surface area contributed by atoms with E-state index in [2.05, 4.69) is 61.2 Å². The van der Waals surface area contributed by atoms with E-state index in [9.17, 15) is 0 Å². The molecule has 0 nitrogen and oxygen atoms in total. The van der Waals surface area contributed by atoms with Crippen LogP contribution >= 0.6 is 0 Å². The van der Waals surface area contributed by atoms with Gasteiger partial charge in [-0.2, -0.15) is 0 Å². The van der Waals surface area contributed by atoms with Crippen molar-refractivity contribution in [3.8, 4) is 0 Å². The summed E-state index contributed by atoms with van der Waals surface area (Å²) in [5, 5.41) is 5.41. The van der Waals surface area contributed by atoms with Gasteiger partial charge in [-0.3, -0.25) is 0 Å². The number of hydrogen-bond acceptors (Lipinski definition) is 0. The first-order chi connectivity index (χ1) is 9.88. The van der Waals surface area contributed by atoms with Gasteiger partial charge in [0.1, 0.15) is 0 Å². The van der Waals surface area contributed by atoms with E-state index >= 15 is 0 Å². The Bertz CT molecular complexity index is 737. The molecule has 0 N–H and O–H groups in total. The van der Waals surface area contributed by atoms with Gasteiger partial charge in [-0.25, -0.2) is 0 Å². The Balaban J connectivity index is 1.99. The van der Waals surface area contributed by atoms with Crippen LogP contribution in [0.2, 0.25) is 0 Å². The molecule has 3 rings (SSSR count). The first kappa shape index (κ1) is 12.9. The molecule has 0 atom stereocenters. The zero-order valence-electron chi connectivity index (χ0n) is 11.8. The van der Waals surface area contributed by atoms with Gasteiger partial charge >= 0.3 is 0 Å². The topological polar surface area (TPSA) is 0 Å². The van der Waals surface area contributed by atoms with Crippen LogP contribution < -0.4 is 0 Å². The van der Waals surface area contributed by atoms with Gasteiger partial charge in [0.2, 0.25) is 0 Å². The van der Waals surface area contributed by atoms with Gasteiger partial charge in [-0.05, 0) is 64.9 Å². The smallest absolute Gasteiger partial charge is 0.0146 e. The summed E-state index contributed by atoms with van der Waals surface area (Å²) < 4.78 is 0. The molecule has 20 heavy (non-hydrogen) atoms. The van der Waals surface area contributed by atoms with Crippen molar-refractivity contribution < 1.29 is 0 Å². The molecule has 0 fully saturated rings. The van der Waals surface area contributed by atoms with Crippen LogP contribution in [0.15, 0.2) is 67.3 Å². The first-order valence-electron chi connectivity index (χ1n) is 7.40. The zero-order chi connectivity index (χ0) is 13.8. The fraction of sp³-hybridized carbons (Fsp3) is 0.200. The fourth-order valence-electron chi connectivity index (χ4n) is 2.85. The first-order valence-corrected chi connectivity index (χ1v) is 7.40. The predicted octanol–water partition coefficient (Wildman–Crippen LogP) is 5.89. The van der Waals surface area contributed by atoms with Crippen molar-refractivity contribution in [1.29, 1.82) is 0 Å². The van der Waals surface area contributed by atoms with Crippen LogP contribution in [0.1, 0.15) is 24.8 Å². The minimum Gasteiger partial charge on any atom is -0.103 e. The molecule has 0 aliphatic rings. The van der Waals surface area contributed by atoms with Crippen LogP contribution in [0, 0.1) is 0 Å². The zero-order valence-corrected chi connectivity index (χ0v) is 11.8. The van der Waals surface area contributed by atoms with Crippen molar-refractivity contribution in [2.75, 3.05) is 0 Å². The summed E-state index contributed by atoms with van der Waals surface area (Å²) in [5.41, 5.74) is 1.47. The van der Waals surface area contributed by atoms with Crippen molar-refractivity contribution >= 4 is 21.5 Å². The second-order valence-electron chi connectivity index (χ2n) is 5.37. The summed E-state index contributed by atoms with van der Waals surface area (Å²) in [7, 11) is 0.